The lowest BCUT2D eigenvalue weighted by molar-refractivity contribution is -0.384. The minimum atomic E-state index is -0.916. The third-order valence-electron chi connectivity index (χ3n) is 4.69. The van der Waals surface area contributed by atoms with E-state index in [2.05, 4.69) is 5.32 Å². The van der Waals surface area contributed by atoms with E-state index in [0.717, 1.165) is 6.07 Å². The highest BCUT2D eigenvalue weighted by Gasteiger charge is 2.23. The van der Waals surface area contributed by atoms with Crippen LogP contribution < -0.4 is 10.1 Å². The molecule has 0 aliphatic carbocycles. The molecule has 3 aromatic rings. The van der Waals surface area contributed by atoms with Crippen molar-refractivity contribution in [1.29, 1.82) is 0 Å². The van der Waals surface area contributed by atoms with Gasteiger partial charge in [-0.05, 0) is 35.9 Å². The highest BCUT2D eigenvalue weighted by Crippen LogP contribution is 2.18. The SMILES string of the molecule is COC(=O)C(Cc1ccc(OC(=O)c2cccc([N+](=O)[O-])c2)cc1)NC(=O)c1ccccc1. The van der Waals surface area contributed by atoms with Crippen molar-refractivity contribution in [1.82, 2.24) is 5.32 Å². The van der Waals surface area contributed by atoms with Crippen LogP contribution in [-0.2, 0) is 16.0 Å². The van der Waals surface area contributed by atoms with Gasteiger partial charge in [0.2, 0.25) is 0 Å². The average molecular weight is 448 g/mol. The summed E-state index contributed by atoms with van der Waals surface area (Å²) in [5, 5.41) is 13.5. The smallest absolute Gasteiger partial charge is 0.343 e. The molecule has 1 atom stereocenters. The quantitative estimate of drug-likeness (QED) is 0.242. The number of methoxy groups -OCH3 is 1. The second kappa shape index (κ2) is 10.7. The van der Waals surface area contributed by atoms with Gasteiger partial charge in [0, 0.05) is 24.1 Å². The van der Waals surface area contributed by atoms with Crippen LogP contribution in [0.2, 0.25) is 0 Å². The van der Waals surface area contributed by atoms with Gasteiger partial charge in [-0.2, -0.15) is 0 Å². The van der Waals surface area contributed by atoms with E-state index in [1.807, 2.05) is 0 Å². The molecule has 9 nitrogen and oxygen atoms in total. The molecule has 0 saturated carbocycles. The van der Waals surface area contributed by atoms with E-state index in [9.17, 15) is 24.5 Å². The fourth-order valence-electron chi connectivity index (χ4n) is 3.01. The van der Waals surface area contributed by atoms with E-state index < -0.39 is 28.8 Å². The van der Waals surface area contributed by atoms with Crippen molar-refractivity contribution in [2.45, 2.75) is 12.5 Å². The Labute approximate surface area is 189 Å². The summed E-state index contributed by atoms with van der Waals surface area (Å²) < 4.78 is 10.1. The molecule has 0 spiro atoms. The Balaban J connectivity index is 1.66. The minimum Gasteiger partial charge on any atom is -0.467 e. The minimum absolute atomic E-state index is 0.0441. The van der Waals surface area contributed by atoms with E-state index in [4.69, 9.17) is 9.47 Å². The maximum absolute atomic E-state index is 12.4. The molecule has 9 heteroatoms. The number of esters is 2. The number of rotatable bonds is 8. The maximum Gasteiger partial charge on any atom is 0.343 e. The van der Waals surface area contributed by atoms with Gasteiger partial charge in [-0.15, -0.1) is 0 Å². The number of carbonyl (C=O) groups excluding carboxylic acids is 3. The first-order valence-corrected chi connectivity index (χ1v) is 9.86. The van der Waals surface area contributed by atoms with Crippen molar-refractivity contribution in [2.75, 3.05) is 7.11 Å². The molecular weight excluding hydrogens is 428 g/mol. The Bertz CT molecular complexity index is 1160. The maximum atomic E-state index is 12.4. The van der Waals surface area contributed by atoms with Gasteiger partial charge < -0.3 is 14.8 Å². The summed E-state index contributed by atoms with van der Waals surface area (Å²) in [6.45, 7) is 0. The molecule has 0 aromatic heterocycles. The molecule has 1 unspecified atom stereocenters. The average Bonchev–Trinajstić information content (AvgIpc) is 2.84. The molecule has 0 radical (unpaired) electrons. The Morgan fingerprint density at radius 3 is 2.24 bits per heavy atom. The number of nitrogens with one attached hydrogen (secondary N) is 1. The normalized spacial score (nSPS) is 11.2. The molecule has 1 amide bonds. The summed E-state index contributed by atoms with van der Waals surface area (Å²) in [5.74, 6) is -1.53. The third-order valence-corrected chi connectivity index (χ3v) is 4.69. The van der Waals surface area contributed by atoms with Gasteiger partial charge in [-0.25, -0.2) is 9.59 Å². The highest BCUT2D eigenvalue weighted by atomic mass is 16.6. The van der Waals surface area contributed by atoms with Crippen LogP contribution in [0.15, 0.2) is 78.9 Å². The number of hydrogen-bond donors (Lipinski definition) is 1. The van der Waals surface area contributed by atoms with Crippen LogP contribution in [0.4, 0.5) is 5.69 Å². The van der Waals surface area contributed by atoms with Crippen LogP contribution in [0.1, 0.15) is 26.3 Å². The Morgan fingerprint density at radius 2 is 1.61 bits per heavy atom. The van der Waals surface area contributed by atoms with Gasteiger partial charge in [0.15, 0.2) is 0 Å². The molecule has 33 heavy (non-hydrogen) atoms. The second-order valence-electron chi connectivity index (χ2n) is 6.96. The van der Waals surface area contributed by atoms with Gasteiger partial charge in [-0.1, -0.05) is 36.4 Å². The number of benzene rings is 3. The molecule has 0 fully saturated rings. The first-order valence-electron chi connectivity index (χ1n) is 9.86. The molecule has 1 N–H and O–H groups in total. The monoisotopic (exact) mass is 448 g/mol. The fourth-order valence-corrected chi connectivity index (χ4v) is 3.01. The summed E-state index contributed by atoms with van der Waals surface area (Å²) in [6, 6.07) is 19.1. The number of carbonyl (C=O) groups is 3. The van der Waals surface area contributed by atoms with Crippen molar-refractivity contribution in [3.63, 3.8) is 0 Å². The van der Waals surface area contributed by atoms with Gasteiger partial charge in [0.25, 0.3) is 11.6 Å². The summed E-state index contributed by atoms with van der Waals surface area (Å²) in [5.41, 5.74) is 0.928. The van der Waals surface area contributed by atoms with E-state index >= 15 is 0 Å². The van der Waals surface area contributed by atoms with Gasteiger partial charge in [0.05, 0.1) is 17.6 Å². The number of hydrogen-bond acceptors (Lipinski definition) is 7. The molecule has 168 valence electrons. The molecule has 3 rings (SSSR count). The lowest BCUT2D eigenvalue weighted by Gasteiger charge is -2.17. The van der Waals surface area contributed by atoms with Crippen molar-refractivity contribution in [2.24, 2.45) is 0 Å². The molecule has 0 bridgehead atoms. The lowest BCUT2D eigenvalue weighted by atomic mass is 10.0. The van der Waals surface area contributed by atoms with Gasteiger partial charge in [0.1, 0.15) is 11.8 Å². The van der Waals surface area contributed by atoms with E-state index in [1.54, 1.807) is 42.5 Å². The first-order chi connectivity index (χ1) is 15.9. The third kappa shape index (κ3) is 6.23. The number of amides is 1. The summed E-state index contributed by atoms with van der Waals surface area (Å²) in [6.07, 6.45) is 0.157. The van der Waals surface area contributed by atoms with E-state index in [0.29, 0.717) is 11.1 Å². The Hall–Kier alpha value is -4.53. The molecular formula is C24H20N2O7. The standard InChI is InChI=1S/C24H20N2O7/c1-32-24(29)21(25-22(27)17-6-3-2-4-7-17)14-16-10-12-20(13-11-16)33-23(28)18-8-5-9-19(15-18)26(30)31/h2-13,15,21H,14H2,1H3,(H,25,27). The Kier molecular flexibility index (Phi) is 7.48. The fraction of sp³-hybridized carbons (Fsp3) is 0.125. The van der Waals surface area contributed by atoms with E-state index in [1.165, 1.54) is 37.4 Å². The molecule has 3 aromatic carbocycles. The van der Waals surface area contributed by atoms with Crippen LogP contribution in [0, 0.1) is 10.1 Å². The van der Waals surface area contributed by atoms with Gasteiger partial charge >= 0.3 is 11.9 Å². The first kappa shape index (κ1) is 23.1. The number of nitrogens with zero attached hydrogens (tertiary/aromatic N) is 1. The number of ether oxygens (including phenoxy) is 2. The van der Waals surface area contributed by atoms with Gasteiger partial charge in [-0.3, -0.25) is 14.9 Å². The van der Waals surface area contributed by atoms with Crippen molar-refractivity contribution >= 4 is 23.5 Å². The molecule has 0 heterocycles. The van der Waals surface area contributed by atoms with E-state index in [-0.39, 0.29) is 23.4 Å². The number of nitro groups is 1. The lowest BCUT2D eigenvalue weighted by Crippen LogP contribution is -2.43. The predicted octanol–water partition coefficient (Wildman–Crippen LogP) is 3.33. The van der Waals surface area contributed by atoms with Crippen molar-refractivity contribution < 1.29 is 28.8 Å². The Morgan fingerprint density at radius 1 is 0.939 bits per heavy atom. The molecule has 0 aliphatic rings. The van der Waals surface area contributed by atoms with Crippen LogP contribution in [0.3, 0.4) is 0 Å². The zero-order valence-corrected chi connectivity index (χ0v) is 17.6. The number of nitro benzene ring substituents is 1. The van der Waals surface area contributed by atoms with Crippen molar-refractivity contribution in [3.05, 3.63) is 106 Å². The highest BCUT2D eigenvalue weighted by molar-refractivity contribution is 5.96. The zero-order chi connectivity index (χ0) is 23.8. The van der Waals surface area contributed by atoms with Crippen LogP contribution in [0.5, 0.6) is 5.75 Å². The predicted molar refractivity (Wildman–Crippen MR) is 118 cm³/mol. The van der Waals surface area contributed by atoms with Crippen molar-refractivity contribution in [3.8, 4) is 5.75 Å². The largest absolute Gasteiger partial charge is 0.467 e. The van der Waals surface area contributed by atoms with Crippen LogP contribution >= 0.6 is 0 Å². The van der Waals surface area contributed by atoms with Crippen LogP contribution in [-0.4, -0.2) is 35.9 Å². The second-order valence-corrected chi connectivity index (χ2v) is 6.96. The van der Waals surface area contributed by atoms with Crippen LogP contribution in [0.25, 0.3) is 0 Å². The summed E-state index contributed by atoms with van der Waals surface area (Å²) >= 11 is 0. The topological polar surface area (TPSA) is 125 Å². The summed E-state index contributed by atoms with van der Waals surface area (Å²) in [4.78, 5) is 47.2. The zero-order valence-electron chi connectivity index (χ0n) is 17.6. The summed E-state index contributed by atoms with van der Waals surface area (Å²) in [7, 11) is 1.24. The molecule has 0 aliphatic heterocycles. The molecule has 0 saturated heterocycles. The number of non-ortho nitro benzene ring substituents is 1.